The average molecular weight is 411 g/mol. The van der Waals surface area contributed by atoms with E-state index in [1.165, 1.54) is 18.4 Å². The highest BCUT2D eigenvalue weighted by Crippen LogP contribution is 2.26. The van der Waals surface area contributed by atoms with Crippen molar-refractivity contribution in [3.8, 4) is 0 Å². The molecule has 8 nitrogen and oxygen atoms in total. The van der Waals surface area contributed by atoms with E-state index in [1.807, 2.05) is 28.8 Å². The molecule has 0 unspecified atom stereocenters. The van der Waals surface area contributed by atoms with Gasteiger partial charge in [0.05, 0.1) is 6.54 Å². The van der Waals surface area contributed by atoms with Gasteiger partial charge in [-0.2, -0.15) is 0 Å². The second-order valence-electron chi connectivity index (χ2n) is 8.20. The summed E-state index contributed by atoms with van der Waals surface area (Å²) in [5.74, 6) is 1.07. The fourth-order valence-corrected chi connectivity index (χ4v) is 4.37. The van der Waals surface area contributed by atoms with Gasteiger partial charge in [0.25, 0.3) is 0 Å². The van der Waals surface area contributed by atoms with Crippen LogP contribution in [-0.4, -0.2) is 57.6 Å². The van der Waals surface area contributed by atoms with Crippen LogP contribution in [0.2, 0.25) is 0 Å². The predicted octanol–water partition coefficient (Wildman–Crippen LogP) is 2.63. The Hall–Kier alpha value is -2.74. The molecule has 2 aromatic rings. The summed E-state index contributed by atoms with van der Waals surface area (Å²) in [5, 5.41) is 13.8. The first-order valence-corrected chi connectivity index (χ1v) is 11.0. The number of rotatable bonds is 6. The van der Waals surface area contributed by atoms with Crippen molar-refractivity contribution >= 4 is 17.6 Å². The van der Waals surface area contributed by atoms with Crippen LogP contribution in [0.4, 0.5) is 4.79 Å². The van der Waals surface area contributed by atoms with Crippen LogP contribution in [0.1, 0.15) is 56.7 Å². The summed E-state index contributed by atoms with van der Waals surface area (Å²) < 4.78 is 2.04. The van der Waals surface area contributed by atoms with Crippen molar-refractivity contribution in [3.63, 3.8) is 0 Å². The summed E-state index contributed by atoms with van der Waals surface area (Å²) in [6.07, 6.45) is 11.8. The van der Waals surface area contributed by atoms with Gasteiger partial charge in [-0.15, -0.1) is 10.2 Å². The molecule has 0 bridgehead atoms. The van der Waals surface area contributed by atoms with Gasteiger partial charge in [0.15, 0.2) is 5.65 Å². The highest BCUT2D eigenvalue weighted by molar-refractivity contribution is 5.95. The van der Waals surface area contributed by atoms with Crippen molar-refractivity contribution < 1.29 is 9.59 Å². The lowest BCUT2D eigenvalue weighted by molar-refractivity contribution is -0.121. The van der Waals surface area contributed by atoms with Crippen LogP contribution < -0.4 is 10.6 Å². The molecular weight excluding hydrogens is 380 g/mol. The lowest BCUT2D eigenvalue weighted by Crippen LogP contribution is -2.46. The molecule has 4 rings (SSSR count). The van der Waals surface area contributed by atoms with Gasteiger partial charge in [-0.05, 0) is 70.2 Å². The maximum atomic E-state index is 12.2. The largest absolute Gasteiger partial charge is 0.337 e. The molecule has 30 heavy (non-hydrogen) atoms. The average Bonchev–Trinajstić information content (AvgIpc) is 3.19. The quantitative estimate of drug-likeness (QED) is 0.715. The molecule has 3 amide bonds. The van der Waals surface area contributed by atoms with Gasteiger partial charge in [-0.3, -0.25) is 19.4 Å². The number of hydrogen-bond donors (Lipinski definition) is 2. The van der Waals surface area contributed by atoms with E-state index in [0.29, 0.717) is 12.5 Å². The highest BCUT2D eigenvalue weighted by atomic mass is 16.2. The zero-order chi connectivity index (χ0) is 20.8. The Morgan fingerprint density at radius 3 is 2.80 bits per heavy atom. The van der Waals surface area contributed by atoms with Crippen LogP contribution in [0, 0.1) is 0 Å². The third-order valence-electron chi connectivity index (χ3n) is 6.03. The zero-order valence-electron chi connectivity index (χ0n) is 17.3. The van der Waals surface area contributed by atoms with E-state index in [9.17, 15) is 9.59 Å². The normalized spacial score (nSPS) is 18.2. The molecule has 3 heterocycles. The lowest BCUT2D eigenvalue weighted by Gasteiger charge is -2.30. The summed E-state index contributed by atoms with van der Waals surface area (Å²) >= 11 is 0. The molecule has 2 aliphatic rings. The number of pyridine rings is 1. The predicted molar refractivity (Wildman–Crippen MR) is 114 cm³/mol. The van der Waals surface area contributed by atoms with E-state index in [2.05, 4.69) is 31.8 Å². The number of nitrogens with one attached hydrogen (secondary N) is 2. The zero-order valence-corrected chi connectivity index (χ0v) is 17.3. The van der Waals surface area contributed by atoms with E-state index in [4.69, 9.17) is 0 Å². The number of piperidine rings is 1. The molecule has 8 heteroatoms. The highest BCUT2D eigenvalue weighted by Gasteiger charge is 2.25. The molecule has 1 saturated heterocycles. The second kappa shape index (κ2) is 9.84. The fraction of sp³-hybridized carbons (Fsp3) is 0.545. The SMILES string of the molecule is O=C(CN1CCC(c2nnc3ccccn23)CC1)NC(=O)NCCC1=CCCCC1. The number of fused-ring (bicyclic) bond motifs is 1. The molecule has 0 atom stereocenters. The Bertz CT molecular complexity index is 913. The van der Waals surface area contributed by atoms with Gasteiger partial charge < -0.3 is 5.32 Å². The van der Waals surface area contributed by atoms with Crippen molar-refractivity contribution in [2.75, 3.05) is 26.2 Å². The first-order valence-electron chi connectivity index (χ1n) is 11.0. The van der Waals surface area contributed by atoms with Crippen LogP contribution >= 0.6 is 0 Å². The molecule has 160 valence electrons. The van der Waals surface area contributed by atoms with Gasteiger partial charge in [0, 0.05) is 18.7 Å². The molecule has 1 fully saturated rings. The summed E-state index contributed by atoms with van der Waals surface area (Å²) in [6, 6.07) is 5.49. The summed E-state index contributed by atoms with van der Waals surface area (Å²) in [5.41, 5.74) is 2.27. The molecule has 1 aliphatic heterocycles. The minimum absolute atomic E-state index is 0.242. The van der Waals surface area contributed by atoms with E-state index in [0.717, 1.165) is 56.7 Å². The third-order valence-corrected chi connectivity index (χ3v) is 6.03. The number of aromatic nitrogens is 3. The van der Waals surface area contributed by atoms with Gasteiger partial charge in [-0.1, -0.05) is 17.7 Å². The maximum Gasteiger partial charge on any atom is 0.321 e. The number of likely N-dealkylation sites (tertiary alicyclic amines) is 1. The number of carbonyl (C=O) groups is 2. The van der Waals surface area contributed by atoms with E-state index < -0.39 is 6.03 Å². The maximum absolute atomic E-state index is 12.2. The Labute approximate surface area is 176 Å². The van der Waals surface area contributed by atoms with E-state index in [1.54, 1.807) is 0 Å². The van der Waals surface area contributed by atoms with Gasteiger partial charge in [0.2, 0.25) is 5.91 Å². The van der Waals surface area contributed by atoms with Crippen LogP contribution in [0.3, 0.4) is 0 Å². The van der Waals surface area contributed by atoms with E-state index >= 15 is 0 Å². The fourth-order valence-electron chi connectivity index (χ4n) is 4.37. The van der Waals surface area contributed by atoms with Crippen molar-refractivity contribution in [1.82, 2.24) is 30.1 Å². The van der Waals surface area contributed by atoms with Crippen molar-refractivity contribution in [2.24, 2.45) is 0 Å². The Morgan fingerprint density at radius 2 is 2.00 bits per heavy atom. The number of allylic oxidation sites excluding steroid dienone is 1. The topological polar surface area (TPSA) is 91.6 Å². The van der Waals surface area contributed by atoms with Gasteiger partial charge >= 0.3 is 6.03 Å². The number of amides is 3. The van der Waals surface area contributed by atoms with Crippen molar-refractivity contribution in [2.45, 2.75) is 50.9 Å². The molecule has 0 radical (unpaired) electrons. The molecule has 0 saturated carbocycles. The number of hydrogen-bond acceptors (Lipinski definition) is 5. The smallest absolute Gasteiger partial charge is 0.321 e. The van der Waals surface area contributed by atoms with Crippen LogP contribution in [0.5, 0.6) is 0 Å². The van der Waals surface area contributed by atoms with Gasteiger partial charge in [-0.25, -0.2) is 4.79 Å². The summed E-state index contributed by atoms with van der Waals surface area (Å²) in [6.45, 7) is 2.42. The summed E-state index contributed by atoms with van der Waals surface area (Å²) in [7, 11) is 0. The number of urea groups is 1. The van der Waals surface area contributed by atoms with Crippen molar-refractivity contribution in [1.29, 1.82) is 0 Å². The number of carbonyl (C=O) groups excluding carboxylic acids is 2. The van der Waals surface area contributed by atoms with Crippen LogP contribution in [0.15, 0.2) is 36.0 Å². The minimum Gasteiger partial charge on any atom is -0.337 e. The monoisotopic (exact) mass is 410 g/mol. The van der Waals surface area contributed by atoms with Crippen LogP contribution in [0.25, 0.3) is 5.65 Å². The Balaban J connectivity index is 1.17. The van der Waals surface area contributed by atoms with Crippen molar-refractivity contribution in [3.05, 3.63) is 41.9 Å². The van der Waals surface area contributed by atoms with E-state index in [-0.39, 0.29) is 12.5 Å². The third kappa shape index (κ3) is 5.24. The molecule has 0 aromatic carbocycles. The molecule has 0 spiro atoms. The van der Waals surface area contributed by atoms with Gasteiger partial charge in [0.1, 0.15) is 5.82 Å². The molecule has 2 N–H and O–H groups in total. The first-order chi connectivity index (χ1) is 14.7. The Kier molecular flexibility index (Phi) is 6.74. The molecule has 2 aromatic heterocycles. The summed E-state index contributed by atoms with van der Waals surface area (Å²) in [4.78, 5) is 26.3. The standard InChI is InChI=1S/C22H30N6O2/c29-20(24-22(30)23-12-9-17-6-2-1-3-7-17)16-27-14-10-18(11-15-27)21-26-25-19-8-4-5-13-28(19)21/h4-6,8,13,18H,1-3,7,9-12,14-16H2,(H2,23,24,29,30). The minimum atomic E-state index is -0.402. The first kappa shape index (κ1) is 20.5. The lowest BCUT2D eigenvalue weighted by atomic mass is 9.96. The second-order valence-corrected chi connectivity index (χ2v) is 8.20. The Morgan fingerprint density at radius 1 is 1.13 bits per heavy atom. The molecular formula is C22H30N6O2. The van der Waals surface area contributed by atoms with Crippen LogP contribution in [-0.2, 0) is 4.79 Å². The number of imide groups is 1. The molecule has 1 aliphatic carbocycles. The number of nitrogens with zero attached hydrogens (tertiary/aromatic N) is 4.